The van der Waals surface area contributed by atoms with Gasteiger partial charge in [-0.3, -0.25) is 0 Å². The van der Waals surface area contributed by atoms with Gasteiger partial charge in [0.2, 0.25) is 0 Å². The number of benzene rings is 2. The van der Waals surface area contributed by atoms with Crippen LogP contribution in [0, 0.1) is 0 Å². The van der Waals surface area contributed by atoms with Gasteiger partial charge in [0.15, 0.2) is 0 Å². The van der Waals surface area contributed by atoms with Gasteiger partial charge in [-0.05, 0) is 36.0 Å². The summed E-state index contributed by atoms with van der Waals surface area (Å²) < 4.78 is 0. The van der Waals surface area contributed by atoms with E-state index >= 15 is 0 Å². The van der Waals surface area contributed by atoms with Crippen molar-refractivity contribution in [2.45, 2.75) is 12.1 Å². The first-order valence-corrected chi connectivity index (χ1v) is 5.73. The monoisotopic (exact) mass is 212 g/mol. The van der Waals surface area contributed by atoms with E-state index in [4.69, 9.17) is 0 Å². The highest BCUT2D eigenvalue weighted by Gasteiger charge is 2.31. The fraction of sp³-hybridized carbons (Fsp3) is 0.286. The molecule has 0 saturated carbocycles. The lowest BCUT2D eigenvalue weighted by atomic mass is 10.0. The molecule has 0 aliphatic heterocycles. The molecule has 1 aliphatic rings. The highest BCUT2D eigenvalue weighted by molar-refractivity contribution is 5.92. The van der Waals surface area contributed by atoms with E-state index in [2.05, 4.69) is 47.0 Å². The summed E-state index contributed by atoms with van der Waals surface area (Å²) >= 11 is 0. The molecule has 3 rings (SSSR count). The molecule has 0 aromatic heterocycles. The predicted octanol–water partition coefficient (Wildman–Crippen LogP) is 2.37. The van der Waals surface area contributed by atoms with Crippen molar-refractivity contribution in [3.05, 3.63) is 47.5 Å². The van der Waals surface area contributed by atoms with Crippen LogP contribution in [0.25, 0.3) is 10.8 Å². The summed E-state index contributed by atoms with van der Waals surface area (Å²) in [5.41, 5.74) is 2.82. The quantitative estimate of drug-likeness (QED) is 0.798. The van der Waals surface area contributed by atoms with Crippen LogP contribution in [0.4, 0.5) is 0 Å². The number of hydrogen-bond acceptors (Lipinski definition) is 2. The number of hydrogen-bond donors (Lipinski definition) is 2. The molecule has 16 heavy (non-hydrogen) atoms. The summed E-state index contributed by atoms with van der Waals surface area (Å²) in [6, 6.07) is 13.9. The van der Waals surface area contributed by atoms with Crippen molar-refractivity contribution in [1.29, 1.82) is 0 Å². The Labute approximate surface area is 95.7 Å². The van der Waals surface area contributed by atoms with Crippen LogP contribution in [0.2, 0.25) is 0 Å². The third-order valence-corrected chi connectivity index (χ3v) is 3.59. The van der Waals surface area contributed by atoms with Crippen LogP contribution in [-0.4, -0.2) is 14.1 Å². The Kier molecular flexibility index (Phi) is 2.20. The summed E-state index contributed by atoms with van der Waals surface area (Å²) in [5.74, 6) is 0. The van der Waals surface area contributed by atoms with Crippen LogP contribution in [0.5, 0.6) is 0 Å². The molecule has 2 unspecified atom stereocenters. The molecule has 2 nitrogen and oxygen atoms in total. The van der Waals surface area contributed by atoms with Crippen molar-refractivity contribution in [1.82, 2.24) is 10.6 Å². The SMILES string of the molecule is CNC1c2cccc3cccc(c23)C1NC. The zero-order valence-corrected chi connectivity index (χ0v) is 9.62. The molecular formula is C14H16N2. The topological polar surface area (TPSA) is 24.1 Å². The van der Waals surface area contributed by atoms with Crippen LogP contribution in [-0.2, 0) is 0 Å². The maximum Gasteiger partial charge on any atom is 0.0522 e. The van der Waals surface area contributed by atoms with Crippen LogP contribution in [0.1, 0.15) is 23.2 Å². The standard InChI is InChI=1S/C14H16N2/c1-15-13-10-7-3-5-9-6-4-8-11(12(9)10)14(13)16-2/h3-8,13-16H,1-2H3. The van der Waals surface area contributed by atoms with Crippen molar-refractivity contribution in [2.24, 2.45) is 0 Å². The first-order valence-electron chi connectivity index (χ1n) is 5.73. The van der Waals surface area contributed by atoms with Crippen LogP contribution in [0.3, 0.4) is 0 Å². The van der Waals surface area contributed by atoms with E-state index in [1.165, 1.54) is 21.9 Å². The largest absolute Gasteiger partial charge is 0.311 e. The van der Waals surface area contributed by atoms with Gasteiger partial charge in [-0.25, -0.2) is 0 Å². The summed E-state index contributed by atoms with van der Waals surface area (Å²) in [6.45, 7) is 0. The molecule has 0 radical (unpaired) electrons. The van der Waals surface area contributed by atoms with Crippen LogP contribution < -0.4 is 10.6 Å². The Morgan fingerprint density at radius 1 is 0.812 bits per heavy atom. The lowest BCUT2D eigenvalue weighted by molar-refractivity contribution is 0.451. The first kappa shape index (κ1) is 9.82. The van der Waals surface area contributed by atoms with Gasteiger partial charge >= 0.3 is 0 Å². The molecule has 2 heteroatoms. The van der Waals surface area contributed by atoms with Crippen molar-refractivity contribution >= 4 is 10.8 Å². The van der Waals surface area contributed by atoms with E-state index in [0.29, 0.717) is 12.1 Å². The molecular weight excluding hydrogens is 196 g/mol. The maximum atomic E-state index is 3.41. The van der Waals surface area contributed by atoms with Gasteiger partial charge in [0.05, 0.1) is 12.1 Å². The van der Waals surface area contributed by atoms with Gasteiger partial charge in [-0.15, -0.1) is 0 Å². The Morgan fingerprint density at radius 2 is 1.31 bits per heavy atom. The maximum absolute atomic E-state index is 3.41. The zero-order valence-electron chi connectivity index (χ0n) is 9.62. The molecule has 0 amide bonds. The van der Waals surface area contributed by atoms with E-state index < -0.39 is 0 Å². The average Bonchev–Trinajstić information content (AvgIpc) is 2.65. The number of rotatable bonds is 2. The molecule has 0 heterocycles. The lowest BCUT2D eigenvalue weighted by Crippen LogP contribution is -2.28. The van der Waals surface area contributed by atoms with Gasteiger partial charge in [0, 0.05) is 0 Å². The minimum atomic E-state index is 0.381. The summed E-state index contributed by atoms with van der Waals surface area (Å²) in [5, 5.41) is 9.58. The normalized spacial score (nSPS) is 22.9. The predicted molar refractivity (Wildman–Crippen MR) is 67.5 cm³/mol. The van der Waals surface area contributed by atoms with E-state index in [-0.39, 0.29) is 0 Å². The van der Waals surface area contributed by atoms with Crippen molar-refractivity contribution in [3.8, 4) is 0 Å². The van der Waals surface area contributed by atoms with E-state index in [1.54, 1.807) is 0 Å². The molecule has 2 atom stereocenters. The van der Waals surface area contributed by atoms with E-state index in [9.17, 15) is 0 Å². The van der Waals surface area contributed by atoms with E-state index in [0.717, 1.165) is 0 Å². The molecule has 82 valence electrons. The molecule has 0 fully saturated rings. The highest BCUT2D eigenvalue weighted by atomic mass is 15.0. The Balaban J connectivity index is 2.34. The molecule has 0 saturated heterocycles. The molecule has 0 bridgehead atoms. The van der Waals surface area contributed by atoms with Gasteiger partial charge in [0.1, 0.15) is 0 Å². The summed E-state index contributed by atoms with van der Waals surface area (Å²) in [7, 11) is 4.06. The molecule has 0 spiro atoms. The molecule has 2 aromatic carbocycles. The summed E-state index contributed by atoms with van der Waals surface area (Å²) in [4.78, 5) is 0. The second kappa shape index (κ2) is 3.58. The van der Waals surface area contributed by atoms with Crippen molar-refractivity contribution < 1.29 is 0 Å². The second-order valence-electron chi connectivity index (χ2n) is 4.33. The number of likely N-dealkylation sites (N-methyl/N-ethyl adjacent to an activating group) is 2. The molecule has 2 N–H and O–H groups in total. The first-order chi connectivity index (χ1) is 7.86. The van der Waals surface area contributed by atoms with E-state index in [1.807, 2.05) is 14.1 Å². The van der Waals surface area contributed by atoms with Crippen molar-refractivity contribution in [2.75, 3.05) is 14.1 Å². The average molecular weight is 212 g/mol. The fourth-order valence-corrected chi connectivity index (χ4v) is 2.92. The molecule has 1 aliphatic carbocycles. The highest BCUT2D eigenvalue weighted by Crippen LogP contribution is 2.43. The minimum Gasteiger partial charge on any atom is -0.311 e. The van der Waals surface area contributed by atoms with Crippen molar-refractivity contribution in [3.63, 3.8) is 0 Å². The third kappa shape index (κ3) is 1.14. The Morgan fingerprint density at radius 3 is 1.75 bits per heavy atom. The van der Waals surface area contributed by atoms with Gasteiger partial charge in [-0.2, -0.15) is 0 Å². The second-order valence-corrected chi connectivity index (χ2v) is 4.33. The Hall–Kier alpha value is -1.38. The zero-order chi connectivity index (χ0) is 11.1. The van der Waals surface area contributed by atoms with Gasteiger partial charge in [0.25, 0.3) is 0 Å². The number of nitrogens with one attached hydrogen (secondary N) is 2. The van der Waals surface area contributed by atoms with Gasteiger partial charge in [-0.1, -0.05) is 36.4 Å². The van der Waals surface area contributed by atoms with Gasteiger partial charge < -0.3 is 10.6 Å². The van der Waals surface area contributed by atoms with Crippen LogP contribution in [0.15, 0.2) is 36.4 Å². The fourth-order valence-electron chi connectivity index (χ4n) is 2.92. The smallest absolute Gasteiger partial charge is 0.0522 e. The summed E-state index contributed by atoms with van der Waals surface area (Å²) in [6.07, 6.45) is 0. The minimum absolute atomic E-state index is 0.381. The van der Waals surface area contributed by atoms with Crippen LogP contribution >= 0.6 is 0 Å². The third-order valence-electron chi connectivity index (χ3n) is 3.59. The lowest BCUT2D eigenvalue weighted by Gasteiger charge is -2.20. The Bertz CT molecular complexity index is 488. The molecule has 2 aromatic rings.